The molecule has 0 bridgehead atoms. The van der Waals surface area contributed by atoms with Gasteiger partial charge in [0, 0.05) is 0 Å². The molecule has 7 rings (SSSR count). The molecule has 0 N–H and O–H groups in total. The van der Waals surface area contributed by atoms with E-state index < -0.39 is 11.7 Å². The van der Waals surface area contributed by atoms with E-state index in [4.69, 9.17) is 0 Å². The fourth-order valence-corrected chi connectivity index (χ4v) is 5.83. The van der Waals surface area contributed by atoms with Crippen molar-refractivity contribution < 1.29 is 13.2 Å². The van der Waals surface area contributed by atoms with Crippen LogP contribution in [0.4, 0.5) is 13.2 Å². The topological polar surface area (TPSA) is 0 Å². The van der Waals surface area contributed by atoms with Crippen LogP contribution in [0.25, 0.3) is 65.3 Å². The van der Waals surface area contributed by atoms with Gasteiger partial charge in [0.25, 0.3) is 0 Å². The van der Waals surface area contributed by atoms with E-state index in [0.717, 1.165) is 65.5 Å². The summed E-state index contributed by atoms with van der Waals surface area (Å²) in [5.41, 5.74) is 4.11. The van der Waals surface area contributed by atoms with Crippen molar-refractivity contribution in [3.8, 4) is 22.3 Å². The average molecular weight is 513 g/mol. The number of hydrogen-bond donors (Lipinski definition) is 0. The predicted molar refractivity (Wildman–Crippen MR) is 157 cm³/mol. The minimum atomic E-state index is -4.44. The molecule has 0 atom stereocenters. The van der Waals surface area contributed by atoms with Gasteiger partial charge in [-0.3, -0.25) is 0 Å². The zero-order chi connectivity index (χ0) is 26.7. The Labute approximate surface area is 223 Å². The minimum absolute atomic E-state index is 0.597. The Morgan fingerprint density at radius 3 is 1.46 bits per heavy atom. The van der Waals surface area contributed by atoms with Gasteiger partial charge in [0.05, 0.1) is 5.56 Å². The van der Waals surface area contributed by atoms with Crippen LogP contribution in [-0.2, 0) is 6.18 Å². The molecule has 0 unspecified atom stereocenters. The van der Waals surface area contributed by atoms with Crippen LogP contribution in [-0.4, -0.2) is 0 Å². The van der Waals surface area contributed by atoms with Gasteiger partial charge >= 0.3 is 6.18 Å². The Hall–Kier alpha value is -4.63. The third-order valence-electron chi connectivity index (χ3n) is 7.68. The predicted octanol–water partition coefficient (Wildman–Crippen LogP) is 11.0. The maximum absolute atomic E-state index is 14.0. The monoisotopic (exact) mass is 512 g/mol. The molecule has 0 radical (unpaired) electrons. The van der Waals surface area contributed by atoms with Gasteiger partial charge in [-0.05, 0) is 96.5 Å². The number of rotatable bonds is 2. The number of benzene rings is 7. The van der Waals surface area contributed by atoms with Crippen LogP contribution in [0.2, 0.25) is 0 Å². The number of fused-ring (bicyclic) bond motifs is 4. The van der Waals surface area contributed by atoms with Crippen LogP contribution in [0.5, 0.6) is 0 Å². The Kier molecular flexibility index (Phi) is 5.24. The lowest BCUT2D eigenvalue weighted by Crippen LogP contribution is -2.05. The van der Waals surface area contributed by atoms with E-state index in [2.05, 4.69) is 55.5 Å². The molecule has 3 heteroatoms. The molecule has 0 spiro atoms. The molecular weight excluding hydrogens is 489 g/mol. The van der Waals surface area contributed by atoms with E-state index in [9.17, 15) is 13.2 Å². The summed E-state index contributed by atoms with van der Waals surface area (Å²) < 4.78 is 42.1. The van der Waals surface area contributed by atoms with Crippen molar-refractivity contribution in [2.45, 2.75) is 13.1 Å². The number of aryl methyl sites for hydroxylation is 1. The molecule has 7 aromatic carbocycles. The van der Waals surface area contributed by atoms with E-state index >= 15 is 0 Å². The molecule has 0 saturated carbocycles. The van der Waals surface area contributed by atoms with Crippen molar-refractivity contribution in [2.24, 2.45) is 0 Å². The Morgan fingerprint density at radius 2 is 0.923 bits per heavy atom. The first-order valence-electron chi connectivity index (χ1n) is 12.9. The highest BCUT2D eigenvalue weighted by Crippen LogP contribution is 2.46. The number of hydrogen-bond acceptors (Lipinski definition) is 0. The van der Waals surface area contributed by atoms with E-state index in [0.29, 0.717) is 5.39 Å². The van der Waals surface area contributed by atoms with Gasteiger partial charge in [0.15, 0.2) is 0 Å². The van der Waals surface area contributed by atoms with Crippen molar-refractivity contribution in [2.75, 3.05) is 0 Å². The molecule has 0 heterocycles. The summed E-state index contributed by atoms with van der Waals surface area (Å²) in [5.74, 6) is 0. The molecule has 0 aromatic heterocycles. The van der Waals surface area contributed by atoms with Gasteiger partial charge in [-0.1, -0.05) is 103 Å². The second-order valence-corrected chi connectivity index (χ2v) is 10.2. The van der Waals surface area contributed by atoms with Crippen molar-refractivity contribution in [3.05, 3.63) is 132 Å². The molecule has 0 fully saturated rings. The van der Waals surface area contributed by atoms with Crippen molar-refractivity contribution in [1.82, 2.24) is 0 Å². The molecule has 0 aliphatic rings. The molecule has 0 aliphatic carbocycles. The fraction of sp³-hybridized carbons (Fsp3) is 0.0556. The lowest BCUT2D eigenvalue weighted by atomic mass is 9.84. The third-order valence-corrected chi connectivity index (χ3v) is 7.68. The van der Waals surface area contributed by atoms with Gasteiger partial charge in [-0.2, -0.15) is 13.2 Å². The fourth-order valence-electron chi connectivity index (χ4n) is 5.83. The SMILES string of the molecule is Cc1ccc2c(-c3ccc4ccccc4c3)c3cc(C(F)(F)F)ccc3c(-c3ccc4ccccc4c3)c2c1. The molecule has 188 valence electrons. The summed E-state index contributed by atoms with van der Waals surface area (Å²) in [6.07, 6.45) is -4.44. The first-order valence-corrected chi connectivity index (χ1v) is 12.9. The Bertz CT molecular complexity index is 2070. The van der Waals surface area contributed by atoms with Gasteiger partial charge in [0.1, 0.15) is 0 Å². The van der Waals surface area contributed by atoms with Crippen LogP contribution in [0.3, 0.4) is 0 Å². The normalized spacial score (nSPS) is 12.1. The second kappa shape index (κ2) is 8.71. The summed E-state index contributed by atoms with van der Waals surface area (Å²) in [7, 11) is 0. The van der Waals surface area contributed by atoms with Crippen LogP contribution in [0, 0.1) is 6.92 Å². The lowest BCUT2D eigenvalue weighted by Gasteiger charge is -2.20. The zero-order valence-corrected chi connectivity index (χ0v) is 21.2. The molecule has 0 amide bonds. The molecule has 39 heavy (non-hydrogen) atoms. The molecule has 0 saturated heterocycles. The molecule has 0 aliphatic heterocycles. The average Bonchev–Trinajstić information content (AvgIpc) is 2.94. The van der Waals surface area contributed by atoms with Crippen LogP contribution >= 0.6 is 0 Å². The Balaban J connectivity index is 1.66. The summed E-state index contributed by atoms with van der Waals surface area (Å²) in [6, 6.07) is 39.1. The molecular formula is C36H23F3. The smallest absolute Gasteiger partial charge is 0.166 e. The van der Waals surface area contributed by atoms with Crippen molar-refractivity contribution in [1.29, 1.82) is 0 Å². The highest BCUT2D eigenvalue weighted by atomic mass is 19.4. The van der Waals surface area contributed by atoms with Gasteiger partial charge in [-0.15, -0.1) is 0 Å². The summed E-state index contributed by atoms with van der Waals surface area (Å²) in [4.78, 5) is 0. The quantitative estimate of drug-likeness (QED) is 0.202. The standard InChI is InChI=1S/C36H23F3/c1-22-10-16-30-32(18-22)34(27-13-11-23-6-2-4-8-25(23)19-27)31-17-15-29(36(37,38)39)21-33(31)35(30)28-14-12-24-7-3-5-9-26(24)20-28/h2-21H,1H3. The maximum Gasteiger partial charge on any atom is 0.416 e. The van der Waals surface area contributed by atoms with Crippen molar-refractivity contribution >= 4 is 43.1 Å². The second-order valence-electron chi connectivity index (χ2n) is 10.2. The first kappa shape index (κ1) is 23.5. The zero-order valence-electron chi connectivity index (χ0n) is 21.2. The van der Waals surface area contributed by atoms with Gasteiger partial charge in [-0.25, -0.2) is 0 Å². The number of alkyl halides is 3. The van der Waals surface area contributed by atoms with E-state index in [1.807, 2.05) is 54.6 Å². The van der Waals surface area contributed by atoms with E-state index in [1.165, 1.54) is 12.1 Å². The minimum Gasteiger partial charge on any atom is -0.166 e. The van der Waals surface area contributed by atoms with Crippen LogP contribution in [0.1, 0.15) is 11.1 Å². The lowest BCUT2D eigenvalue weighted by molar-refractivity contribution is -0.137. The summed E-state index contributed by atoms with van der Waals surface area (Å²) >= 11 is 0. The van der Waals surface area contributed by atoms with Crippen molar-refractivity contribution in [3.63, 3.8) is 0 Å². The summed E-state index contributed by atoms with van der Waals surface area (Å²) in [5, 5.41) is 7.72. The summed E-state index contributed by atoms with van der Waals surface area (Å²) in [6.45, 7) is 2.05. The highest BCUT2D eigenvalue weighted by Gasteiger charge is 2.31. The largest absolute Gasteiger partial charge is 0.416 e. The number of halogens is 3. The van der Waals surface area contributed by atoms with Crippen LogP contribution < -0.4 is 0 Å². The third kappa shape index (κ3) is 3.93. The first-order chi connectivity index (χ1) is 18.9. The van der Waals surface area contributed by atoms with E-state index in [1.54, 1.807) is 6.07 Å². The van der Waals surface area contributed by atoms with Crippen LogP contribution in [0.15, 0.2) is 121 Å². The molecule has 0 nitrogen and oxygen atoms in total. The van der Waals surface area contributed by atoms with E-state index in [-0.39, 0.29) is 0 Å². The highest BCUT2D eigenvalue weighted by molar-refractivity contribution is 6.22. The maximum atomic E-state index is 14.0. The molecule has 7 aromatic rings. The van der Waals surface area contributed by atoms with Gasteiger partial charge < -0.3 is 0 Å². The van der Waals surface area contributed by atoms with Gasteiger partial charge in [0.2, 0.25) is 0 Å². The Morgan fingerprint density at radius 1 is 0.436 bits per heavy atom.